The summed E-state index contributed by atoms with van der Waals surface area (Å²) in [5, 5.41) is 11.8. The zero-order valence-corrected chi connectivity index (χ0v) is 19.9. The number of nitro groups is 1. The molecule has 32 heavy (non-hydrogen) atoms. The maximum Gasteiger partial charge on any atom is 0.315 e. The number of methoxy groups -OCH3 is 4. The number of rotatable bonds is 10. The maximum absolute atomic E-state index is 11.7. The number of benzene rings is 2. The Balaban J connectivity index is 1.92. The van der Waals surface area contributed by atoms with Crippen molar-refractivity contribution in [2.75, 3.05) is 40.8 Å². The van der Waals surface area contributed by atoms with E-state index in [9.17, 15) is 10.1 Å². The van der Waals surface area contributed by atoms with Crippen LogP contribution in [0.15, 0.2) is 36.9 Å². The average molecular weight is 480 g/mol. The van der Waals surface area contributed by atoms with E-state index in [4.69, 9.17) is 23.7 Å². The maximum atomic E-state index is 11.7. The molecule has 0 N–H and O–H groups in total. The predicted molar refractivity (Wildman–Crippen MR) is 127 cm³/mol. The molecule has 1 heterocycles. The van der Waals surface area contributed by atoms with Crippen molar-refractivity contribution < 1.29 is 28.6 Å². The molecule has 2 aromatic carbocycles. The second-order valence-electron chi connectivity index (χ2n) is 6.68. The average Bonchev–Trinajstić information content (AvgIpc) is 3.31. The highest BCUT2D eigenvalue weighted by Gasteiger charge is 2.33. The van der Waals surface area contributed by atoms with Crippen LogP contribution >= 0.6 is 23.5 Å². The van der Waals surface area contributed by atoms with E-state index in [-0.39, 0.29) is 27.9 Å². The Hall–Kier alpha value is -2.72. The number of nitro benzene ring substituents is 1. The molecule has 1 aliphatic heterocycles. The van der Waals surface area contributed by atoms with Crippen molar-refractivity contribution in [3.05, 3.63) is 58.2 Å². The lowest BCUT2D eigenvalue weighted by Gasteiger charge is -2.17. The van der Waals surface area contributed by atoms with E-state index in [1.54, 1.807) is 57.0 Å². The Morgan fingerprint density at radius 2 is 1.59 bits per heavy atom. The van der Waals surface area contributed by atoms with Gasteiger partial charge in [0, 0.05) is 17.1 Å². The largest absolute Gasteiger partial charge is 0.493 e. The molecule has 8 nitrogen and oxygen atoms in total. The van der Waals surface area contributed by atoms with E-state index in [2.05, 4.69) is 6.58 Å². The van der Waals surface area contributed by atoms with Gasteiger partial charge < -0.3 is 23.7 Å². The molecule has 0 spiro atoms. The summed E-state index contributed by atoms with van der Waals surface area (Å²) in [4.78, 5) is 11.2. The number of ether oxygens (including phenoxy) is 5. The van der Waals surface area contributed by atoms with Gasteiger partial charge in [-0.2, -0.15) is 0 Å². The van der Waals surface area contributed by atoms with Crippen molar-refractivity contribution in [1.29, 1.82) is 0 Å². The van der Waals surface area contributed by atoms with Crippen LogP contribution in [-0.2, 0) is 0 Å². The fourth-order valence-corrected chi connectivity index (χ4v) is 6.62. The van der Waals surface area contributed by atoms with Gasteiger partial charge in [0.1, 0.15) is 6.61 Å². The zero-order valence-electron chi connectivity index (χ0n) is 18.3. The number of hydrogen-bond donors (Lipinski definition) is 0. The lowest BCUT2D eigenvalue weighted by molar-refractivity contribution is -0.385. The summed E-state index contributed by atoms with van der Waals surface area (Å²) in [6, 6.07) is 7.24. The Kier molecular flexibility index (Phi) is 8.03. The van der Waals surface area contributed by atoms with Crippen LogP contribution in [0.2, 0.25) is 0 Å². The molecule has 0 aromatic heterocycles. The third kappa shape index (κ3) is 4.86. The summed E-state index contributed by atoms with van der Waals surface area (Å²) in [6.45, 7) is 3.74. The summed E-state index contributed by atoms with van der Waals surface area (Å²) in [7, 11) is 6.21. The third-order valence-corrected chi connectivity index (χ3v) is 8.18. The highest BCUT2D eigenvalue weighted by molar-refractivity contribution is 8.19. The van der Waals surface area contributed by atoms with Crippen LogP contribution in [0, 0.1) is 10.1 Å². The molecule has 0 amide bonds. The molecule has 0 unspecified atom stereocenters. The zero-order chi connectivity index (χ0) is 23.3. The standard InChI is InChI=1S/C22H25NO7S2/c1-6-7-30-20-15(23(24)25)8-14(11-16(20)26-2)22-31-12-19(32-22)13-9-17(27-3)21(29-5)18(10-13)28-4/h6,8-11,19,22H,1,7,12H2,2-5H3/t19-,22+/m1/s1. The minimum absolute atomic E-state index is 0.0138. The van der Waals surface area contributed by atoms with Gasteiger partial charge in [-0.05, 0) is 29.3 Å². The minimum Gasteiger partial charge on any atom is -0.493 e. The molecule has 2 aromatic rings. The molecule has 0 bridgehead atoms. The van der Waals surface area contributed by atoms with Crippen LogP contribution < -0.4 is 23.7 Å². The Morgan fingerprint density at radius 3 is 2.12 bits per heavy atom. The summed E-state index contributed by atoms with van der Waals surface area (Å²) in [5.41, 5.74) is 1.70. The molecule has 172 valence electrons. The van der Waals surface area contributed by atoms with Crippen LogP contribution in [0.1, 0.15) is 21.0 Å². The first kappa shape index (κ1) is 23.9. The van der Waals surface area contributed by atoms with E-state index < -0.39 is 4.92 Å². The predicted octanol–water partition coefficient (Wildman–Crippen LogP) is 5.41. The van der Waals surface area contributed by atoms with Crippen molar-refractivity contribution in [3.63, 3.8) is 0 Å². The van der Waals surface area contributed by atoms with E-state index in [0.29, 0.717) is 23.0 Å². The van der Waals surface area contributed by atoms with Gasteiger partial charge >= 0.3 is 5.69 Å². The molecule has 1 aliphatic rings. The van der Waals surface area contributed by atoms with E-state index in [0.717, 1.165) is 16.9 Å². The van der Waals surface area contributed by atoms with Crippen LogP contribution in [0.3, 0.4) is 0 Å². The van der Waals surface area contributed by atoms with E-state index in [1.807, 2.05) is 12.1 Å². The minimum atomic E-state index is -0.453. The first-order chi connectivity index (χ1) is 15.5. The topological polar surface area (TPSA) is 89.3 Å². The lowest BCUT2D eigenvalue weighted by Crippen LogP contribution is -2.02. The number of hydrogen-bond acceptors (Lipinski definition) is 9. The van der Waals surface area contributed by atoms with Crippen molar-refractivity contribution in [2.45, 2.75) is 9.83 Å². The first-order valence-electron chi connectivity index (χ1n) is 9.64. The van der Waals surface area contributed by atoms with Gasteiger partial charge in [-0.1, -0.05) is 12.7 Å². The van der Waals surface area contributed by atoms with Crippen molar-refractivity contribution in [3.8, 4) is 28.7 Å². The van der Waals surface area contributed by atoms with Gasteiger partial charge in [0.05, 0.1) is 37.9 Å². The lowest BCUT2D eigenvalue weighted by atomic mass is 10.1. The Morgan fingerprint density at radius 1 is 1.00 bits per heavy atom. The van der Waals surface area contributed by atoms with Gasteiger partial charge in [-0.15, -0.1) is 23.5 Å². The van der Waals surface area contributed by atoms with Gasteiger partial charge in [0.15, 0.2) is 17.2 Å². The molecule has 1 saturated heterocycles. The molecule has 1 fully saturated rings. The number of thioether (sulfide) groups is 2. The Bertz CT molecular complexity index is 973. The number of nitrogens with zero attached hydrogens (tertiary/aromatic N) is 1. The fraction of sp³-hybridized carbons (Fsp3) is 0.364. The third-order valence-electron chi connectivity index (χ3n) is 4.84. The SMILES string of the molecule is C=CCOc1c(OC)cc([C@H]2SC[C@H](c3cc(OC)c(OC)c(OC)c3)S2)cc1[N+](=O)[O-]. The molecule has 10 heteroatoms. The molecule has 0 aliphatic carbocycles. The van der Waals surface area contributed by atoms with Gasteiger partial charge in [-0.3, -0.25) is 10.1 Å². The first-order valence-corrected chi connectivity index (χ1v) is 11.6. The van der Waals surface area contributed by atoms with Crippen molar-refractivity contribution in [2.24, 2.45) is 0 Å². The summed E-state index contributed by atoms with van der Waals surface area (Å²) in [6.07, 6.45) is 1.53. The second-order valence-corrected chi connectivity index (χ2v) is 9.43. The van der Waals surface area contributed by atoms with E-state index >= 15 is 0 Å². The smallest absolute Gasteiger partial charge is 0.315 e. The van der Waals surface area contributed by atoms with Gasteiger partial charge in [0.2, 0.25) is 11.5 Å². The van der Waals surface area contributed by atoms with Gasteiger partial charge in [0.25, 0.3) is 0 Å². The summed E-state index contributed by atoms with van der Waals surface area (Å²) in [5.74, 6) is 2.98. The Labute approximate surface area is 195 Å². The molecule has 2 atom stereocenters. The van der Waals surface area contributed by atoms with Crippen LogP contribution in [0.5, 0.6) is 28.7 Å². The quantitative estimate of drug-likeness (QED) is 0.252. The van der Waals surface area contributed by atoms with Gasteiger partial charge in [-0.25, -0.2) is 0 Å². The molecular weight excluding hydrogens is 454 g/mol. The second kappa shape index (κ2) is 10.7. The highest BCUT2D eigenvalue weighted by atomic mass is 32.2. The highest BCUT2D eigenvalue weighted by Crippen LogP contribution is 2.58. The van der Waals surface area contributed by atoms with Crippen molar-refractivity contribution in [1.82, 2.24) is 0 Å². The normalized spacial score (nSPS) is 17.5. The van der Waals surface area contributed by atoms with E-state index in [1.165, 1.54) is 13.2 Å². The monoisotopic (exact) mass is 479 g/mol. The van der Waals surface area contributed by atoms with Crippen LogP contribution in [0.25, 0.3) is 0 Å². The van der Waals surface area contributed by atoms with Crippen LogP contribution in [-0.4, -0.2) is 45.7 Å². The van der Waals surface area contributed by atoms with Crippen LogP contribution in [0.4, 0.5) is 5.69 Å². The summed E-state index contributed by atoms with van der Waals surface area (Å²) >= 11 is 3.42. The molecular formula is C22H25NO7S2. The molecule has 0 radical (unpaired) electrons. The fourth-order valence-electron chi connectivity index (χ4n) is 3.36. The molecule has 0 saturated carbocycles. The van der Waals surface area contributed by atoms with Crippen molar-refractivity contribution >= 4 is 29.2 Å². The summed E-state index contributed by atoms with van der Waals surface area (Å²) < 4.78 is 27.3. The molecule has 3 rings (SSSR count).